The van der Waals surface area contributed by atoms with E-state index in [2.05, 4.69) is 15.9 Å². The number of benzene rings is 2. The van der Waals surface area contributed by atoms with Crippen LogP contribution in [0.4, 0.5) is 11.4 Å². The highest BCUT2D eigenvalue weighted by molar-refractivity contribution is 9.10. The second kappa shape index (κ2) is 8.52. The van der Waals surface area contributed by atoms with Gasteiger partial charge in [0.05, 0.1) is 26.4 Å². The van der Waals surface area contributed by atoms with Gasteiger partial charge in [-0.05, 0) is 65.2 Å². The van der Waals surface area contributed by atoms with Crippen LogP contribution in [0.15, 0.2) is 40.9 Å². The zero-order valence-corrected chi connectivity index (χ0v) is 18.2. The number of esters is 1. The molecule has 1 aliphatic rings. The third-order valence-electron chi connectivity index (χ3n) is 4.67. The molecule has 0 aliphatic carbocycles. The van der Waals surface area contributed by atoms with E-state index in [4.69, 9.17) is 4.74 Å². The molecule has 1 aliphatic heterocycles. The number of nitro benzene ring substituents is 1. The van der Waals surface area contributed by atoms with Gasteiger partial charge in [-0.2, -0.15) is 0 Å². The lowest BCUT2D eigenvalue weighted by Crippen LogP contribution is -2.30. The van der Waals surface area contributed by atoms with Crippen LogP contribution in [0, 0.1) is 10.1 Å². The minimum Gasteiger partial charge on any atom is -0.454 e. The average molecular weight is 497 g/mol. The Kier molecular flexibility index (Phi) is 6.22. The smallest absolute Gasteiger partial charge is 0.338 e. The van der Waals surface area contributed by atoms with E-state index >= 15 is 0 Å². The lowest BCUT2D eigenvalue weighted by Gasteiger charge is -2.18. The SMILES string of the molecule is CCS(=O)(=O)N1CCc2cc(C(=O)COC(=O)c3ccc(Br)c([N+](=O)[O-])c3)ccc21. The molecule has 2 aromatic carbocycles. The van der Waals surface area contributed by atoms with Crippen molar-refractivity contribution in [2.75, 3.05) is 23.2 Å². The molecule has 0 radical (unpaired) electrons. The summed E-state index contributed by atoms with van der Waals surface area (Å²) < 4.78 is 30.8. The molecule has 158 valence electrons. The van der Waals surface area contributed by atoms with Gasteiger partial charge in [0, 0.05) is 18.2 Å². The maximum atomic E-state index is 12.4. The van der Waals surface area contributed by atoms with Gasteiger partial charge >= 0.3 is 5.97 Å². The molecular formula is C19H17BrN2O7S. The highest BCUT2D eigenvalue weighted by Crippen LogP contribution is 2.31. The number of halogens is 1. The number of sulfonamides is 1. The first kappa shape index (κ1) is 21.9. The van der Waals surface area contributed by atoms with Crippen molar-refractivity contribution in [2.24, 2.45) is 0 Å². The topological polar surface area (TPSA) is 124 Å². The molecular weight excluding hydrogens is 480 g/mol. The van der Waals surface area contributed by atoms with Crippen molar-refractivity contribution in [1.29, 1.82) is 0 Å². The predicted octanol–water partition coefficient (Wildman–Crippen LogP) is 3.11. The van der Waals surface area contributed by atoms with E-state index in [1.165, 1.54) is 22.5 Å². The largest absolute Gasteiger partial charge is 0.454 e. The van der Waals surface area contributed by atoms with Gasteiger partial charge in [-0.3, -0.25) is 19.2 Å². The molecule has 0 unspecified atom stereocenters. The molecule has 11 heteroatoms. The second-order valence-corrected chi connectivity index (χ2v) is 9.53. The van der Waals surface area contributed by atoms with Crippen LogP contribution >= 0.6 is 15.9 Å². The number of rotatable bonds is 7. The summed E-state index contributed by atoms with van der Waals surface area (Å²) in [5.74, 6) is -1.34. The fourth-order valence-electron chi connectivity index (χ4n) is 3.07. The van der Waals surface area contributed by atoms with E-state index in [1.807, 2.05) is 0 Å². The molecule has 0 saturated carbocycles. The van der Waals surface area contributed by atoms with Crippen LogP contribution < -0.4 is 4.31 Å². The highest BCUT2D eigenvalue weighted by Gasteiger charge is 2.28. The third kappa shape index (κ3) is 4.36. The van der Waals surface area contributed by atoms with Gasteiger partial charge in [0.25, 0.3) is 5.69 Å². The van der Waals surface area contributed by atoms with Gasteiger partial charge in [0.15, 0.2) is 12.4 Å². The van der Waals surface area contributed by atoms with E-state index in [9.17, 15) is 28.1 Å². The maximum Gasteiger partial charge on any atom is 0.338 e. The molecule has 0 aromatic heterocycles. The first-order valence-electron chi connectivity index (χ1n) is 8.91. The van der Waals surface area contributed by atoms with Crippen molar-refractivity contribution in [1.82, 2.24) is 0 Å². The van der Waals surface area contributed by atoms with E-state index < -0.39 is 33.3 Å². The summed E-state index contributed by atoms with van der Waals surface area (Å²) in [6, 6.07) is 8.43. The molecule has 0 amide bonds. The van der Waals surface area contributed by atoms with Crippen LogP contribution in [-0.4, -0.2) is 44.0 Å². The van der Waals surface area contributed by atoms with E-state index in [0.717, 1.165) is 11.6 Å². The molecule has 30 heavy (non-hydrogen) atoms. The third-order valence-corrected chi connectivity index (χ3v) is 7.12. The Bertz CT molecular complexity index is 1150. The summed E-state index contributed by atoms with van der Waals surface area (Å²) in [5, 5.41) is 11.0. The van der Waals surface area contributed by atoms with Gasteiger partial charge in [0.1, 0.15) is 0 Å². The Labute approximate surface area is 181 Å². The molecule has 0 bridgehead atoms. The molecule has 0 N–H and O–H groups in total. The number of nitro groups is 1. The minimum absolute atomic E-state index is 0.0166. The summed E-state index contributed by atoms with van der Waals surface area (Å²) in [5.41, 5.74) is 1.23. The van der Waals surface area contributed by atoms with Gasteiger partial charge in [-0.1, -0.05) is 0 Å². The quantitative estimate of drug-likeness (QED) is 0.249. The number of hydrogen-bond acceptors (Lipinski definition) is 7. The average Bonchev–Trinajstić information content (AvgIpc) is 3.16. The summed E-state index contributed by atoms with van der Waals surface area (Å²) in [6.07, 6.45) is 0.484. The van der Waals surface area contributed by atoms with Crippen LogP contribution in [0.3, 0.4) is 0 Å². The summed E-state index contributed by atoms with van der Waals surface area (Å²) >= 11 is 3.03. The Morgan fingerprint density at radius 3 is 2.57 bits per heavy atom. The zero-order chi connectivity index (χ0) is 22.1. The summed E-state index contributed by atoms with van der Waals surface area (Å²) in [4.78, 5) is 34.9. The molecule has 3 rings (SSSR count). The number of Topliss-reactive ketones (excluding diaryl/α,β-unsaturated/α-hetero) is 1. The van der Waals surface area contributed by atoms with Crippen LogP contribution in [-0.2, 0) is 21.2 Å². The van der Waals surface area contributed by atoms with Crippen molar-refractivity contribution in [3.05, 3.63) is 67.7 Å². The predicted molar refractivity (Wildman–Crippen MR) is 112 cm³/mol. The lowest BCUT2D eigenvalue weighted by atomic mass is 10.1. The fraction of sp³-hybridized carbons (Fsp3) is 0.263. The first-order valence-corrected chi connectivity index (χ1v) is 11.3. The molecule has 2 aromatic rings. The number of ether oxygens (including phenoxy) is 1. The van der Waals surface area contributed by atoms with Gasteiger partial charge in [-0.15, -0.1) is 0 Å². The highest BCUT2D eigenvalue weighted by atomic mass is 79.9. The van der Waals surface area contributed by atoms with Gasteiger partial charge in [0.2, 0.25) is 10.0 Å². The van der Waals surface area contributed by atoms with Crippen LogP contribution in [0.2, 0.25) is 0 Å². The van der Waals surface area contributed by atoms with Gasteiger partial charge < -0.3 is 4.74 Å². The summed E-state index contributed by atoms with van der Waals surface area (Å²) in [6.45, 7) is 1.35. The zero-order valence-electron chi connectivity index (χ0n) is 15.8. The number of fused-ring (bicyclic) bond motifs is 1. The summed E-state index contributed by atoms with van der Waals surface area (Å²) in [7, 11) is -3.38. The standard InChI is InChI=1S/C19H17BrN2O7S/c1-2-30(27,28)21-8-7-12-9-13(4-6-16(12)21)18(23)11-29-19(24)14-3-5-15(20)17(10-14)22(25)26/h3-6,9-10H,2,7-8,11H2,1H3. The molecule has 0 spiro atoms. The molecule has 0 atom stereocenters. The number of anilines is 1. The Balaban J connectivity index is 1.70. The maximum absolute atomic E-state index is 12.4. The van der Waals surface area contributed by atoms with Crippen molar-refractivity contribution < 1.29 is 27.7 Å². The van der Waals surface area contributed by atoms with Crippen molar-refractivity contribution in [3.8, 4) is 0 Å². The van der Waals surface area contributed by atoms with E-state index in [1.54, 1.807) is 19.1 Å². The van der Waals surface area contributed by atoms with Crippen molar-refractivity contribution >= 4 is 49.1 Å². The van der Waals surface area contributed by atoms with Crippen LogP contribution in [0.25, 0.3) is 0 Å². The normalized spacial score (nSPS) is 13.1. The fourth-order valence-corrected chi connectivity index (χ4v) is 4.62. The minimum atomic E-state index is -3.38. The van der Waals surface area contributed by atoms with Gasteiger partial charge in [-0.25, -0.2) is 13.2 Å². The first-order chi connectivity index (χ1) is 14.1. The number of carbonyl (C=O) groups excluding carboxylic acids is 2. The molecule has 0 fully saturated rings. The second-order valence-electron chi connectivity index (χ2n) is 6.49. The number of hydrogen-bond donors (Lipinski definition) is 0. The van der Waals surface area contributed by atoms with Crippen LogP contribution in [0.1, 0.15) is 33.2 Å². The molecule has 9 nitrogen and oxygen atoms in total. The monoisotopic (exact) mass is 496 g/mol. The Morgan fingerprint density at radius 1 is 1.20 bits per heavy atom. The van der Waals surface area contributed by atoms with Crippen molar-refractivity contribution in [3.63, 3.8) is 0 Å². The number of ketones is 1. The van der Waals surface area contributed by atoms with E-state index in [0.29, 0.717) is 24.2 Å². The molecule has 0 saturated heterocycles. The van der Waals surface area contributed by atoms with Crippen LogP contribution in [0.5, 0.6) is 0 Å². The van der Waals surface area contributed by atoms with E-state index in [-0.39, 0.29) is 21.5 Å². The lowest BCUT2D eigenvalue weighted by molar-refractivity contribution is -0.385. The number of nitrogens with zero attached hydrogens (tertiary/aromatic N) is 2. The Morgan fingerprint density at radius 2 is 1.90 bits per heavy atom. The van der Waals surface area contributed by atoms with Crippen molar-refractivity contribution in [2.45, 2.75) is 13.3 Å². The molecule has 1 heterocycles. The number of carbonyl (C=O) groups is 2. The Hall–Kier alpha value is -2.79.